The van der Waals surface area contributed by atoms with Gasteiger partial charge < -0.3 is 9.64 Å². The molecule has 0 bridgehead atoms. The number of benzene rings is 1. The van der Waals surface area contributed by atoms with Crippen LogP contribution in [0.15, 0.2) is 34.9 Å². The standard InChI is InChI=1S/C13H13BrN4O2/c14-10-3-1-2-4-12(10)18-9-11(15-16-18)13(19)17-5-7-20-8-6-17/h1-4,9H,5-8H2. The molecule has 0 atom stereocenters. The molecular formula is C13H13BrN4O2. The lowest BCUT2D eigenvalue weighted by Crippen LogP contribution is -2.40. The first kappa shape index (κ1) is 13.3. The summed E-state index contributed by atoms with van der Waals surface area (Å²) in [7, 11) is 0. The lowest BCUT2D eigenvalue weighted by Gasteiger charge is -2.25. The highest BCUT2D eigenvalue weighted by atomic mass is 79.9. The van der Waals surface area contributed by atoms with Gasteiger partial charge in [-0.1, -0.05) is 17.3 Å². The smallest absolute Gasteiger partial charge is 0.276 e. The van der Waals surface area contributed by atoms with Gasteiger partial charge in [0.05, 0.1) is 25.1 Å². The minimum absolute atomic E-state index is 0.105. The summed E-state index contributed by atoms with van der Waals surface area (Å²) in [4.78, 5) is 14.0. The average Bonchev–Trinajstić information content (AvgIpc) is 2.97. The Bertz CT molecular complexity index is 622. The van der Waals surface area contributed by atoms with Gasteiger partial charge in [0.15, 0.2) is 5.69 Å². The molecule has 0 spiro atoms. The highest BCUT2D eigenvalue weighted by molar-refractivity contribution is 9.10. The molecule has 1 aromatic carbocycles. The predicted molar refractivity (Wildman–Crippen MR) is 75.8 cm³/mol. The maximum absolute atomic E-state index is 12.3. The highest BCUT2D eigenvalue weighted by Crippen LogP contribution is 2.19. The third-order valence-electron chi connectivity index (χ3n) is 3.11. The molecule has 2 heterocycles. The molecule has 1 aromatic heterocycles. The molecule has 0 N–H and O–H groups in total. The Morgan fingerprint density at radius 3 is 2.75 bits per heavy atom. The Kier molecular flexibility index (Phi) is 3.79. The first-order chi connectivity index (χ1) is 9.75. The Morgan fingerprint density at radius 1 is 1.25 bits per heavy atom. The van der Waals surface area contributed by atoms with Crippen LogP contribution in [0.5, 0.6) is 0 Å². The summed E-state index contributed by atoms with van der Waals surface area (Å²) in [5.74, 6) is -0.105. The largest absolute Gasteiger partial charge is 0.378 e. The first-order valence-electron chi connectivity index (χ1n) is 6.30. The van der Waals surface area contributed by atoms with Gasteiger partial charge in [0.25, 0.3) is 5.91 Å². The summed E-state index contributed by atoms with van der Waals surface area (Å²) < 4.78 is 7.73. The Morgan fingerprint density at radius 2 is 2.00 bits per heavy atom. The van der Waals surface area contributed by atoms with Crippen LogP contribution in [0.25, 0.3) is 5.69 Å². The normalized spacial score (nSPS) is 15.3. The summed E-state index contributed by atoms with van der Waals surface area (Å²) in [5.41, 5.74) is 1.20. The van der Waals surface area contributed by atoms with E-state index < -0.39 is 0 Å². The molecule has 6 nitrogen and oxygen atoms in total. The maximum atomic E-state index is 12.3. The van der Waals surface area contributed by atoms with Crippen LogP contribution in [0.4, 0.5) is 0 Å². The first-order valence-corrected chi connectivity index (χ1v) is 7.09. The number of carbonyl (C=O) groups is 1. The van der Waals surface area contributed by atoms with Gasteiger partial charge in [-0.3, -0.25) is 4.79 Å². The summed E-state index contributed by atoms with van der Waals surface area (Å²) in [6.45, 7) is 2.34. The quantitative estimate of drug-likeness (QED) is 0.833. The molecule has 3 rings (SSSR count). The van der Waals surface area contributed by atoms with E-state index in [9.17, 15) is 4.79 Å². The maximum Gasteiger partial charge on any atom is 0.276 e. The number of hydrogen-bond donors (Lipinski definition) is 0. The van der Waals surface area contributed by atoms with E-state index in [-0.39, 0.29) is 5.91 Å². The third-order valence-corrected chi connectivity index (χ3v) is 3.78. The van der Waals surface area contributed by atoms with Gasteiger partial charge in [-0.2, -0.15) is 0 Å². The van der Waals surface area contributed by atoms with Crippen LogP contribution >= 0.6 is 15.9 Å². The average molecular weight is 337 g/mol. The fourth-order valence-corrected chi connectivity index (χ4v) is 2.51. The molecule has 1 saturated heterocycles. The molecule has 1 aliphatic rings. The second kappa shape index (κ2) is 5.72. The van der Waals surface area contributed by atoms with Crippen LogP contribution in [0.3, 0.4) is 0 Å². The molecule has 1 fully saturated rings. The van der Waals surface area contributed by atoms with Crippen molar-refractivity contribution in [1.29, 1.82) is 0 Å². The van der Waals surface area contributed by atoms with Crippen molar-refractivity contribution in [3.8, 4) is 5.69 Å². The van der Waals surface area contributed by atoms with E-state index in [4.69, 9.17) is 4.74 Å². The zero-order valence-electron chi connectivity index (χ0n) is 10.7. The Labute approximate surface area is 124 Å². The molecule has 0 aliphatic carbocycles. The number of amides is 1. The van der Waals surface area contributed by atoms with Crippen LogP contribution < -0.4 is 0 Å². The van der Waals surface area contributed by atoms with Crippen LogP contribution in [0.1, 0.15) is 10.5 Å². The van der Waals surface area contributed by atoms with E-state index >= 15 is 0 Å². The highest BCUT2D eigenvalue weighted by Gasteiger charge is 2.21. The topological polar surface area (TPSA) is 60.2 Å². The molecule has 1 aliphatic heterocycles. The van der Waals surface area contributed by atoms with Crippen molar-refractivity contribution in [2.75, 3.05) is 26.3 Å². The lowest BCUT2D eigenvalue weighted by atomic mass is 10.3. The van der Waals surface area contributed by atoms with Crippen molar-refractivity contribution >= 4 is 21.8 Å². The molecule has 0 unspecified atom stereocenters. The van der Waals surface area contributed by atoms with Gasteiger partial charge in [0, 0.05) is 17.6 Å². The Hall–Kier alpha value is -1.73. The minimum Gasteiger partial charge on any atom is -0.378 e. The zero-order chi connectivity index (χ0) is 13.9. The number of hydrogen-bond acceptors (Lipinski definition) is 4. The van der Waals surface area contributed by atoms with Crippen molar-refractivity contribution in [3.63, 3.8) is 0 Å². The molecule has 104 valence electrons. The molecule has 0 saturated carbocycles. The summed E-state index contributed by atoms with van der Waals surface area (Å²) in [5, 5.41) is 7.99. The number of morpholine rings is 1. The van der Waals surface area contributed by atoms with E-state index in [2.05, 4.69) is 26.2 Å². The van der Waals surface area contributed by atoms with Crippen molar-refractivity contribution in [2.45, 2.75) is 0 Å². The third kappa shape index (κ3) is 2.59. The molecule has 0 radical (unpaired) electrons. The monoisotopic (exact) mass is 336 g/mol. The van der Waals surface area contributed by atoms with E-state index in [0.29, 0.717) is 32.0 Å². The molecule has 7 heteroatoms. The van der Waals surface area contributed by atoms with Gasteiger partial charge in [-0.05, 0) is 28.1 Å². The number of aromatic nitrogens is 3. The summed E-state index contributed by atoms with van der Waals surface area (Å²) >= 11 is 3.46. The molecule has 1 amide bonds. The van der Waals surface area contributed by atoms with Gasteiger partial charge in [0.2, 0.25) is 0 Å². The van der Waals surface area contributed by atoms with Crippen molar-refractivity contribution in [3.05, 3.63) is 40.6 Å². The number of halogens is 1. The van der Waals surface area contributed by atoms with Crippen molar-refractivity contribution < 1.29 is 9.53 Å². The van der Waals surface area contributed by atoms with Crippen molar-refractivity contribution in [1.82, 2.24) is 19.9 Å². The predicted octanol–water partition coefficient (Wildman–Crippen LogP) is 1.50. The van der Waals surface area contributed by atoms with Crippen LogP contribution in [0, 0.1) is 0 Å². The number of rotatable bonds is 2. The number of ether oxygens (including phenoxy) is 1. The van der Waals surface area contributed by atoms with E-state index in [0.717, 1.165) is 10.2 Å². The molecule has 20 heavy (non-hydrogen) atoms. The van der Waals surface area contributed by atoms with E-state index in [1.807, 2.05) is 24.3 Å². The van der Waals surface area contributed by atoms with Crippen LogP contribution in [-0.2, 0) is 4.74 Å². The minimum atomic E-state index is -0.105. The fourth-order valence-electron chi connectivity index (χ4n) is 2.05. The lowest BCUT2D eigenvalue weighted by molar-refractivity contribution is 0.0299. The van der Waals surface area contributed by atoms with Crippen molar-refractivity contribution in [2.24, 2.45) is 0 Å². The van der Waals surface area contributed by atoms with Gasteiger partial charge in [-0.15, -0.1) is 5.10 Å². The molecular weight excluding hydrogens is 324 g/mol. The molecule has 2 aromatic rings. The Balaban J connectivity index is 1.83. The zero-order valence-corrected chi connectivity index (χ0v) is 12.3. The summed E-state index contributed by atoms with van der Waals surface area (Å²) in [6, 6.07) is 7.65. The SMILES string of the molecule is O=C(c1cn(-c2ccccc2Br)nn1)N1CCOCC1. The number of para-hydroxylation sites is 1. The summed E-state index contributed by atoms with van der Waals surface area (Å²) in [6.07, 6.45) is 1.65. The van der Waals surface area contributed by atoms with Gasteiger partial charge in [0.1, 0.15) is 0 Å². The van der Waals surface area contributed by atoms with Crippen LogP contribution in [0.2, 0.25) is 0 Å². The van der Waals surface area contributed by atoms with Crippen LogP contribution in [-0.4, -0.2) is 52.1 Å². The second-order valence-electron chi connectivity index (χ2n) is 4.40. The fraction of sp³-hybridized carbons (Fsp3) is 0.308. The second-order valence-corrected chi connectivity index (χ2v) is 5.26. The van der Waals surface area contributed by atoms with Gasteiger partial charge in [-0.25, -0.2) is 4.68 Å². The van der Waals surface area contributed by atoms with E-state index in [1.165, 1.54) is 0 Å². The van der Waals surface area contributed by atoms with Gasteiger partial charge >= 0.3 is 0 Å². The number of carbonyl (C=O) groups excluding carboxylic acids is 1. The van der Waals surface area contributed by atoms with E-state index in [1.54, 1.807) is 15.8 Å². The number of nitrogens with zero attached hydrogens (tertiary/aromatic N) is 4.